The standard InChI is InChI=1S/C16H14FN3O2/c17-11-6-7-14-13(10-11)16(8-9-22-14)18-15(21)20(19-16)12-4-2-1-3-5-12/h1-7,10,19H,8-9H2,(H,18,21). The van der Waals surface area contributed by atoms with Crippen molar-refractivity contribution in [2.45, 2.75) is 12.1 Å². The number of benzene rings is 2. The first-order valence-corrected chi connectivity index (χ1v) is 7.06. The molecule has 2 aromatic rings. The van der Waals surface area contributed by atoms with Gasteiger partial charge in [0.15, 0.2) is 0 Å². The molecule has 1 spiro atoms. The van der Waals surface area contributed by atoms with Crippen LogP contribution in [0.5, 0.6) is 5.75 Å². The molecule has 112 valence electrons. The number of hydrazine groups is 1. The zero-order valence-corrected chi connectivity index (χ0v) is 11.7. The van der Waals surface area contributed by atoms with Gasteiger partial charge in [-0.15, -0.1) is 0 Å². The first-order valence-electron chi connectivity index (χ1n) is 7.06. The maximum absolute atomic E-state index is 13.6. The molecule has 6 heteroatoms. The van der Waals surface area contributed by atoms with E-state index in [1.54, 1.807) is 6.07 Å². The summed E-state index contributed by atoms with van der Waals surface area (Å²) < 4.78 is 19.2. The Kier molecular flexibility index (Phi) is 2.80. The van der Waals surface area contributed by atoms with Crippen molar-refractivity contribution >= 4 is 11.7 Å². The van der Waals surface area contributed by atoms with Gasteiger partial charge in [0.1, 0.15) is 17.2 Å². The summed E-state index contributed by atoms with van der Waals surface area (Å²) in [6.07, 6.45) is 0.512. The van der Waals surface area contributed by atoms with Crippen molar-refractivity contribution in [2.75, 3.05) is 11.6 Å². The van der Waals surface area contributed by atoms with Gasteiger partial charge >= 0.3 is 6.03 Å². The lowest BCUT2D eigenvalue weighted by atomic mass is 9.94. The van der Waals surface area contributed by atoms with Crippen molar-refractivity contribution in [3.05, 3.63) is 59.9 Å². The third kappa shape index (κ3) is 1.92. The van der Waals surface area contributed by atoms with Gasteiger partial charge < -0.3 is 10.1 Å². The molecule has 4 rings (SSSR count). The number of carbonyl (C=O) groups excluding carboxylic acids is 1. The molecule has 2 aromatic carbocycles. The van der Waals surface area contributed by atoms with Gasteiger partial charge in [0.05, 0.1) is 12.3 Å². The molecule has 0 aliphatic carbocycles. The Morgan fingerprint density at radius 3 is 2.82 bits per heavy atom. The summed E-state index contributed by atoms with van der Waals surface area (Å²) in [5.41, 5.74) is 3.66. The average Bonchev–Trinajstić information content (AvgIpc) is 2.87. The van der Waals surface area contributed by atoms with E-state index < -0.39 is 5.66 Å². The number of amides is 2. The van der Waals surface area contributed by atoms with Crippen LogP contribution in [0.25, 0.3) is 0 Å². The van der Waals surface area contributed by atoms with Crippen LogP contribution in [0.4, 0.5) is 14.9 Å². The van der Waals surface area contributed by atoms with Crippen LogP contribution < -0.4 is 20.5 Å². The number of urea groups is 1. The largest absolute Gasteiger partial charge is 0.493 e. The zero-order chi connectivity index (χ0) is 15.2. The second-order valence-electron chi connectivity index (χ2n) is 5.36. The third-order valence-corrected chi connectivity index (χ3v) is 3.98. The smallest absolute Gasteiger partial charge is 0.338 e. The second kappa shape index (κ2) is 4.71. The van der Waals surface area contributed by atoms with E-state index in [-0.39, 0.29) is 11.8 Å². The van der Waals surface area contributed by atoms with Crippen LogP contribution in [-0.2, 0) is 5.66 Å². The summed E-state index contributed by atoms with van der Waals surface area (Å²) in [5.74, 6) is 0.216. The quantitative estimate of drug-likeness (QED) is 0.850. The predicted molar refractivity (Wildman–Crippen MR) is 78.8 cm³/mol. The highest BCUT2D eigenvalue weighted by Crippen LogP contribution is 2.38. The van der Waals surface area contributed by atoms with Crippen LogP contribution in [-0.4, -0.2) is 12.6 Å². The Morgan fingerprint density at radius 1 is 1.18 bits per heavy atom. The third-order valence-electron chi connectivity index (χ3n) is 3.98. The summed E-state index contributed by atoms with van der Waals surface area (Å²) in [6.45, 7) is 0.439. The van der Waals surface area contributed by atoms with Crippen LogP contribution in [0, 0.1) is 5.82 Å². The van der Waals surface area contributed by atoms with E-state index in [0.717, 1.165) is 5.69 Å². The van der Waals surface area contributed by atoms with Gasteiger partial charge in [-0.2, -0.15) is 5.43 Å². The van der Waals surface area contributed by atoms with Gasteiger partial charge in [-0.1, -0.05) is 18.2 Å². The number of nitrogens with zero attached hydrogens (tertiary/aromatic N) is 1. The molecule has 1 atom stereocenters. The Hall–Kier alpha value is -2.60. The molecule has 0 aromatic heterocycles. The van der Waals surface area contributed by atoms with Crippen molar-refractivity contribution < 1.29 is 13.9 Å². The number of anilines is 1. The van der Waals surface area contributed by atoms with Crippen molar-refractivity contribution in [3.8, 4) is 5.75 Å². The lowest BCUT2D eigenvalue weighted by Crippen LogP contribution is -2.51. The molecular formula is C16H14FN3O2. The predicted octanol–water partition coefficient (Wildman–Crippen LogP) is 2.50. The molecule has 22 heavy (non-hydrogen) atoms. The normalized spacial score (nSPS) is 23.1. The van der Waals surface area contributed by atoms with Gasteiger partial charge in [-0.25, -0.2) is 14.2 Å². The molecule has 5 nitrogen and oxygen atoms in total. The molecule has 2 aliphatic heterocycles. The van der Waals surface area contributed by atoms with Crippen LogP contribution in [0.1, 0.15) is 12.0 Å². The molecule has 1 saturated heterocycles. The Balaban J connectivity index is 1.76. The van der Waals surface area contributed by atoms with E-state index >= 15 is 0 Å². The summed E-state index contributed by atoms with van der Waals surface area (Å²) in [5, 5.41) is 4.37. The van der Waals surface area contributed by atoms with E-state index in [1.165, 1.54) is 17.1 Å². The van der Waals surface area contributed by atoms with Crippen molar-refractivity contribution in [1.82, 2.24) is 10.7 Å². The van der Waals surface area contributed by atoms with E-state index in [2.05, 4.69) is 10.7 Å². The van der Waals surface area contributed by atoms with Crippen molar-refractivity contribution in [1.29, 1.82) is 0 Å². The first-order chi connectivity index (χ1) is 10.7. The summed E-state index contributed by atoms with van der Waals surface area (Å²) >= 11 is 0. The fourth-order valence-corrected chi connectivity index (χ4v) is 2.92. The van der Waals surface area contributed by atoms with E-state index in [9.17, 15) is 9.18 Å². The van der Waals surface area contributed by atoms with Crippen LogP contribution in [0.3, 0.4) is 0 Å². The zero-order valence-electron chi connectivity index (χ0n) is 11.7. The highest BCUT2D eigenvalue weighted by atomic mass is 19.1. The minimum atomic E-state index is -0.845. The number of fused-ring (bicyclic) bond motifs is 2. The molecular weight excluding hydrogens is 285 g/mol. The Morgan fingerprint density at radius 2 is 2.00 bits per heavy atom. The molecule has 1 fully saturated rings. The molecule has 2 amide bonds. The topological polar surface area (TPSA) is 53.6 Å². The molecule has 2 heterocycles. The second-order valence-corrected chi connectivity index (χ2v) is 5.36. The number of ether oxygens (including phenoxy) is 1. The highest BCUT2D eigenvalue weighted by molar-refractivity contribution is 5.94. The average molecular weight is 299 g/mol. The van der Waals surface area contributed by atoms with Crippen LogP contribution >= 0.6 is 0 Å². The number of carbonyl (C=O) groups is 1. The number of rotatable bonds is 1. The lowest BCUT2D eigenvalue weighted by Gasteiger charge is -2.35. The van der Waals surface area contributed by atoms with Gasteiger partial charge in [0.2, 0.25) is 0 Å². The Bertz CT molecular complexity index is 737. The summed E-state index contributed by atoms with van der Waals surface area (Å²) in [4.78, 5) is 12.4. The maximum atomic E-state index is 13.6. The molecule has 1 unspecified atom stereocenters. The minimum Gasteiger partial charge on any atom is -0.493 e. The van der Waals surface area contributed by atoms with E-state index in [0.29, 0.717) is 24.3 Å². The Labute approximate surface area is 126 Å². The van der Waals surface area contributed by atoms with Crippen molar-refractivity contribution in [2.24, 2.45) is 0 Å². The number of halogens is 1. The maximum Gasteiger partial charge on any atom is 0.338 e. The van der Waals surface area contributed by atoms with E-state index in [1.807, 2.05) is 30.3 Å². The fourth-order valence-electron chi connectivity index (χ4n) is 2.92. The van der Waals surface area contributed by atoms with Crippen LogP contribution in [0.2, 0.25) is 0 Å². The number of para-hydroxylation sites is 1. The van der Waals surface area contributed by atoms with Gasteiger partial charge in [0, 0.05) is 12.0 Å². The molecule has 2 aliphatic rings. The SMILES string of the molecule is O=C1NC2(CCOc3ccc(F)cc32)NN1c1ccccc1. The highest BCUT2D eigenvalue weighted by Gasteiger charge is 2.47. The molecule has 0 radical (unpaired) electrons. The first kappa shape index (κ1) is 13.1. The number of nitrogens with one attached hydrogen (secondary N) is 2. The molecule has 0 bridgehead atoms. The van der Waals surface area contributed by atoms with Crippen LogP contribution in [0.15, 0.2) is 48.5 Å². The monoisotopic (exact) mass is 299 g/mol. The van der Waals surface area contributed by atoms with Gasteiger partial charge in [-0.05, 0) is 30.3 Å². The molecule has 0 saturated carbocycles. The minimum absolute atomic E-state index is 0.275. The van der Waals surface area contributed by atoms with E-state index in [4.69, 9.17) is 4.74 Å². The molecule has 2 N–H and O–H groups in total. The number of hydrogen-bond donors (Lipinski definition) is 2. The number of hydrogen-bond acceptors (Lipinski definition) is 3. The fraction of sp³-hybridized carbons (Fsp3) is 0.188. The van der Waals surface area contributed by atoms with Gasteiger partial charge in [-0.3, -0.25) is 0 Å². The van der Waals surface area contributed by atoms with Crippen molar-refractivity contribution in [3.63, 3.8) is 0 Å². The summed E-state index contributed by atoms with van der Waals surface area (Å²) in [6, 6.07) is 13.3. The summed E-state index contributed by atoms with van der Waals surface area (Å²) in [7, 11) is 0. The lowest BCUT2D eigenvalue weighted by molar-refractivity contribution is 0.181. The van der Waals surface area contributed by atoms with Gasteiger partial charge in [0.25, 0.3) is 0 Å².